The molecule has 0 saturated heterocycles. The highest BCUT2D eigenvalue weighted by Crippen LogP contribution is 2.29. The first-order chi connectivity index (χ1) is 8.16. The largest absolute Gasteiger partial charge is 0.493 e. The van der Waals surface area contributed by atoms with Gasteiger partial charge >= 0.3 is 0 Å². The lowest BCUT2D eigenvalue weighted by Gasteiger charge is -2.16. The van der Waals surface area contributed by atoms with Gasteiger partial charge in [0.15, 0.2) is 0 Å². The highest BCUT2D eigenvalue weighted by Gasteiger charge is 2.17. The second-order valence-corrected chi connectivity index (χ2v) is 4.82. The molecule has 0 bridgehead atoms. The van der Waals surface area contributed by atoms with Gasteiger partial charge in [-0.25, -0.2) is 4.39 Å². The van der Waals surface area contributed by atoms with Crippen LogP contribution in [0.5, 0.6) is 5.75 Å². The van der Waals surface area contributed by atoms with Gasteiger partial charge in [-0.1, -0.05) is 12.8 Å². The van der Waals surface area contributed by atoms with Gasteiger partial charge in [0, 0.05) is 5.56 Å². The Hall–Kier alpha value is -1.09. The summed E-state index contributed by atoms with van der Waals surface area (Å²) in [6.45, 7) is 2.29. The van der Waals surface area contributed by atoms with Gasteiger partial charge in [0.1, 0.15) is 11.6 Å². The van der Waals surface area contributed by atoms with Gasteiger partial charge in [-0.3, -0.25) is 0 Å². The lowest BCUT2D eigenvalue weighted by atomic mass is 10.1. The molecule has 1 fully saturated rings. The van der Waals surface area contributed by atoms with E-state index in [0.717, 1.165) is 0 Å². The number of halogens is 1. The zero-order valence-electron chi connectivity index (χ0n) is 10.2. The van der Waals surface area contributed by atoms with Crippen molar-refractivity contribution >= 4 is 0 Å². The molecular weight excluding hydrogens is 219 g/mol. The van der Waals surface area contributed by atoms with Crippen molar-refractivity contribution in [2.75, 3.05) is 6.61 Å². The van der Waals surface area contributed by atoms with Gasteiger partial charge < -0.3 is 9.84 Å². The summed E-state index contributed by atoms with van der Waals surface area (Å²) >= 11 is 0. The molecule has 0 aliphatic heterocycles. The molecule has 1 aromatic rings. The Bertz CT molecular complexity index is 370. The van der Waals surface area contributed by atoms with Crippen LogP contribution in [0.3, 0.4) is 0 Å². The van der Waals surface area contributed by atoms with Crippen LogP contribution in [0.15, 0.2) is 18.2 Å². The van der Waals surface area contributed by atoms with Crippen LogP contribution in [0, 0.1) is 11.7 Å². The van der Waals surface area contributed by atoms with Crippen LogP contribution in [-0.2, 0) is 0 Å². The van der Waals surface area contributed by atoms with Crippen LogP contribution >= 0.6 is 0 Å². The Morgan fingerprint density at radius 1 is 1.41 bits per heavy atom. The van der Waals surface area contributed by atoms with E-state index in [1.807, 2.05) is 0 Å². The van der Waals surface area contributed by atoms with Crippen molar-refractivity contribution in [3.8, 4) is 5.75 Å². The number of benzene rings is 1. The van der Waals surface area contributed by atoms with E-state index in [9.17, 15) is 9.50 Å². The predicted octanol–water partition coefficient (Wildman–Crippen LogP) is 3.45. The van der Waals surface area contributed by atoms with Crippen molar-refractivity contribution in [2.24, 2.45) is 5.92 Å². The zero-order valence-corrected chi connectivity index (χ0v) is 10.2. The molecule has 0 unspecified atom stereocenters. The molecule has 0 heterocycles. The molecule has 0 amide bonds. The maximum Gasteiger partial charge on any atom is 0.125 e. The van der Waals surface area contributed by atoms with Crippen LogP contribution < -0.4 is 4.74 Å². The van der Waals surface area contributed by atoms with E-state index >= 15 is 0 Å². The van der Waals surface area contributed by atoms with Crippen molar-refractivity contribution in [3.63, 3.8) is 0 Å². The first-order valence-corrected chi connectivity index (χ1v) is 6.27. The maximum absolute atomic E-state index is 13.1. The van der Waals surface area contributed by atoms with Crippen LogP contribution in [0.4, 0.5) is 4.39 Å². The Kier molecular flexibility index (Phi) is 4.00. The van der Waals surface area contributed by atoms with Gasteiger partial charge in [-0.05, 0) is 43.9 Å². The van der Waals surface area contributed by atoms with Crippen molar-refractivity contribution < 1.29 is 14.2 Å². The van der Waals surface area contributed by atoms with Crippen LogP contribution in [-0.4, -0.2) is 11.7 Å². The number of hydrogen-bond donors (Lipinski definition) is 1. The molecular formula is C14H19FO2. The summed E-state index contributed by atoms with van der Waals surface area (Å²) < 4.78 is 18.8. The van der Waals surface area contributed by atoms with Crippen molar-refractivity contribution in [1.82, 2.24) is 0 Å². The fourth-order valence-electron chi connectivity index (χ4n) is 2.36. The summed E-state index contributed by atoms with van der Waals surface area (Å²) in [5.74, 6) is 0.879. The van der Waals surface area contributed by atoms with Crippen LogP contribution in [0.1, 0.15) is 44.3 Å². The third kappa shape index (κ3) is 3.19. The maximum atomic E-state index is 13.1. The number of ether oxygens (including phenoxy) is 1. The Morgan fingerprint density at radius 3 is 2.76 bits per heavy atom. The highest BCUT2D eigenvalue weighted by atomic mass is 19.1. The van der Waals surface area contributed by atoms with E-state index in [-0.39, 0.29) is 5.82 Å². The molecule has 94 valence electrons. The summed E-state index contributed by atoms with van der Waals surface area (Å²) in [4.78, 5) is 0. The van der Waals surface area contributed by atoms with Crippen molar-refractivity contribution in [3.05, 3.63) is 29.6 Å². The van der Waals surface area contributed by atoms with E-state index < -0.39 is 6.10 Å². The third-order valence-electron chi connectivity index (χ3n) is 3.37. The smallest absolute Gasteiger partial charge is 0.125 e. The van der Waals surface area contributed by atoms with Gasteiger partial charge in [-0.2, -0.15) is 0 Å². The van der Waals surface area contributed by atoms with Crippen LogP contribution in [0.25, 0.3) is 0 Å². The minimum Gasteiger partial charge on any atom is -0.493 e. The number of hydrogen-bond acceptors (Lipinski definition) is 2. The topological polar surface area (TPSA) is 29.5 Å². The first kappa shape index (κ1) is 12.4. The lowest BCUT2D eigenvalue weighted by Crippen LogP contribution is -2.10. The second-order valence-electron chi connectivity index (χ2n) is 4.82. The molecule has 1 N–H and O–H groups in total. The summed E-state index contributed by atoms with van der Waals surface area (Å²) in [7, 11) is 0. The minimum absolute atomic E-state index is 0.339. The normalized spacial score (nSPS) is 18.3. The van der Waals surface area contributed by atoms with Gasteiger partial charge in [-0.15, -0.1) is 0 Å². The average Bonchev–Trinajstić information content (AvgIpc) is 2.80. The van der Waals surface area contributed by atoms with Crippen molar-refractivity contribution in [1.29, 1.82) is 0 Å². The summed E-state index contributed by atoms with van der Waals surface area (Å²) in [5.41, 5.74) is 0.531. The molecule has 0 spiro atoms. The van der Waals surface area contributed by atoms with Crippen molar-refractivity contribution in [2.45, 2.75) is 38.7 Å². The molecule has 1 atom stereocenters. The Labute approximate surface area is 101 Å². The predicted molar refractivity (Wildman–Crippen MR) is 64.5 cm³/mol. The number of aliphatic hydroxyl groups is 1. The molecule has 1 saturated carbocycles. The third-order valence-corrected chi connectivity index (χ3v) is 3.37. The molecule has 2 rings (SSSR count). The summed E-state index contributed by atoms with van der Waals surface area (Å²) in [6, 6.07) is 4.32. The van der Waals surface area contributed by atoms with Gasteiger partial charge in [0.2, 0.25) is 0 Å². The molecule has 17 heavy (non-hydrogen) atoms. The van der Waals surface area contributed by atoms with E-state index in [4.69, 9.17) is 4.74 Å². The fraction of sp³-hybridized carbons (Fsp3) is 0.571. The number of rotatable bonds is 4. The van der Waals surface area contributed by atoms with Gasteiger partial charge in [0.05, 0.1) is 12.7 Å². The molecule has 0 radical (unpaired) electrons. The lowest BCUT2D eigenvalue weighted by molar-refractivity contribution is 0.185. The quantitative estimate of drug-likeness (QED) is 0.870. The van der Waals surface area contributed by atoms with E-state index in [1.54, 1.807) is 13.0 Å². The first-order valence-electron chi connectivity index (χ1n) is 6.27. The number of aliphatic hydroxyl groups excluding tert-OH is 1. The summed E-state index contributed by atoms with van der Waals surface area (Å²) in [5, 5.41) is 9.57. The molecule has 1 aromatic carbocycles. The SMILES string of the molecule is C[C@@H](O)c1cc(F)ccc1OCC1CCCC1. The monoisotopic (exact) mass is 238 g/mol. The zero-order chi connectivity index (χ0) is 12.3. The van der Waals surface area contributed by atoms with E-state index in [2.05, 4.69) is 0 Å². The van der Waals surface area contributed by atoms with E-state index in [0.29, 0.717) is 23.8 Å². The fourth-order valence-corrected chi connectivity index (χ4v) is 2.36. The summed E-state index contributed by atoms with van der Waals surface area (Å²) in [6.07, 6.45) is 4.28. The van der Waals surface area contributed by atoms with E-state index in [1.165, 1.54) is 37.8 Å². The molecule has 1 aliphatic rings. The molecule has 0 aromatic heterocycles. The minimum atomic E-state index is -0.704. The van der Waals surface area contributed by atoms with Gasteiger partial charge in [0.25, 0.3) is 0 Å². The standard InChI is InChI=1S/C14H19FO2/c1-10(16)13-8-12(15)6-7-14(13)17-9-11-4-2-3-5-11/h6-8,10-11,16H,2-5,9H2,1H3/t10-/m1/s1. The second kappa shape index (κ2) is 5.50. The molecule has 2 nitrogen and oxygen atoms in total. The molecule has 3 heteroatoms. The Balaban J connectivity index is 2.03. The average molecular weight is 238 g/mol. The Morgan fingerprint density at radius 2 is 2.12 bits per heavy atom. The highest BCUT2D eigenvalue weighted by molar-refractivity contribution is 5.35. The van der Waals surface area contributed by atoms with Crippen LogP contribution in [0.2, 0.25) is 0 Å². The molecule has 1 aliphatic carbocycles.